The van der Waals surface area contributed by atoms with E-state index in [4.69, 9.17) is 10.3 Å². The second-order valence-corrected chi connectivity index (χ2v) is 5.95. The Hall–Kier alpha value is -1.73. The van der Waals surface area contributed by atoms with E-state index < -0.39 is 0 Å². The summed E-state index contributed by atoms with van der Waals surface area (Å²) >= 11 is 4.74. The molecule has 3 aromatic rings. The van der Waals surface area contributed by atoms with Gasteiger partial charge in [0.25, 0.3) is 5.89 Å². The lowest BCUT2D eigenvalue weighted by molar-refractivity contribution is 0.424. The summed E-state index contributed by atoms with van der Waals surface area (Å²) in [6.07, 6.45) is 0.599. The Morgan fingerprint density at radius 2 is 2.15 bits per heavy atom. The van der Waals surface area contributed by atoms with Crippen molar-refractivity contribution in [1.82, 2.24) is 14.5 Å². The molecule has 102 valence electrons. The van der Waals surface area contributed by atoms with E-state index >= 15 is 0 Å². The van der Waals surface area contributed by atoms with E-state index in [9.17, 15) is 0 Å². The molecule has 0 spiro atoms. The van der Waals surface area contributed by atoms with Gasteiger partial charge in [0.15, 0.2) is 5.82 Å². The molecule has 0 unspecified atom stereocenters. The maximum absolute atomic E-state index is 5.88. The van der Waals surface area contributed by atoms with Gasteiger partial charge in [-0.3, -0.25) is 0 Å². The quantitative estimate of drug-likeness (QED) is 0.782. The smallest absolute Gasteiger partial charge is 0.262 e. The van der Waals surface area contributed by atoms with Crippen LogP contribution in [0.3, 0.4) is 0 Å². The summed E-state index contributed by atoms with van der Waals surface area (Å²) in [6.45, 7) is 1.87. The van der Waals surface area contributed by atoms with Crippen molar-refractivity contribution in [3.63, 3.8) is 0 Å². The van der Waals surface area contributed by atoms with Gasteiger partial charge in [0, 0.05) is 10.9 Å². The molecular formula is C13H11BrN4OS. The number of hydrogen-bond acceptors (Lipinski definition) is 6. The molecule has 0 aliphatic heterocycles. The van der Waals surface area contributed by atoms with Gasteiger partial charge in [0.05, 0.1) is 11.3 Å². The number of hydrogen-bond donors (Lipinski definition) is 1. The third kappa shape index (κ3) is 2.46. The Bertz CT molecular complexity index is 733. The summed E-state index contributed by atoms with van der Waals surface area (Å²) in [5.74, 6) is 1.05. The van der Waals surface area contributed by atoms with Crippen molar-refractivity contribution in [1.29, 1.82) is 0 Å². The molecule has 0 aliphatic carbocycles. The van der Waals surface area contributed by atoms with Crippen LogP contribution in [0, 0.1) is 6.92 Å². The van der Waals surface area contributed by atoms with Crippen LogP contribution in [0.25, 0.3) is 11.5 Å². The van der Waals surface area contributed by atoms with Crippen LogP contribution in [0.2, 0.25) is 0 Å². The van der Waals surface area contributed by atoms with Crippen LogP contribution in [0.1, 0.15) is 17.1 Å². The van der Waals surface area contributed by atoms with Crippen LogP contribution in [0.15, 0.2) is 33.3 Å². The first-order valence-electron chi connectivity index (χ1n) is 5.93. The molecule has 0 saturated heterocycles. The van der Waals surface area contributed by atoms with Gasteiger partial charge in [-0.25, -0.2) is 0 Å². The van der Waals surface area contributed by atoms with Crippen molar-refractivity contribution in [2.45, 2.75) is 13.3 Å². The van der Waals surface area contributed by atoms with Gasteiger partial charge in [-0.1, -0.05) is 39.3 Å². The highest BCUT2D eigenvalue weighted by atomic mass is 79.9. The summed E-state index contributed by atoms with van der Waals surface area (Å²) in [6, 6.07) is 7.95. The highest BCUT2D eigenvalue weighted by Gasteiger charge is 2.17. The monoisotopic (exact) mass is 350 g/mol. The highest BCUT2D eigenvalue weighted by molar-refractivity contribution is 9.10. The predicted molar refractivity (Wildman–Crippen MR) is 81.5 cm³/mol. The van der Waals surface area contributed by atoms with Gasteiger partial charge in [-0.2, -0.15) is 9.36 Å². The molecule has 0 atom stereocenters. The van der Waals surface area contributed by atoms with E-state index in [1.165, 1.54) is 11.5 Å². The van der Waals surface area contributed by atoms with E-state index in [-0.39, 0.29) is 0 Å². The van der Waals surface area contributed by atoms with Gasteiger partial charge in [-0.05, 0) is 30.1 Å². The van der Waals surface area contributed by atoms with Gasteiger partial charge in [-0.15, -0.1) is 0 Å². The zero-order chi connectivity index (χ0) is 14.1. The first kappa shape index (κ1) is 13.3. The van der Waals surface area contributed by atoms with Crippen LogP contribution < -0.4 is 5.73 Å². The molecular weight excluding hydrogens is 340 g/mol. The average Bonchev–Trinajstić information content (AvgIpc) is 3.00. The van der Waals surface area contributed by atoms with Crippen LogP contribution in [-0.2, 0) is 6.42 Å². The SMILES string of the molecule is Cc1nsc(N)c1-c1nc(Cc2ccccc2Br)no1. The minimum Gasteiger partial charge on any atom is -0.389 e. The van der Waals surface area contributed by atoms with Crippen molar-refractivity contribution in [3.8, 4) is 11.5 Å². The molecule has 7 heteroatoms. The third-order valence-corrected chi connectivity index (χ3v) is 4.42. The van der Waals surface area contributed by atoms with Gasteiger partial charge in [0.2, 0.25) is 0 Å². The number of nitrogens with zero attached hydrogens (tertiary/aromatic N) is 3. The minimum atomic E-state index is 0.427. The predicted octanol–water partition coefficient (Wildman–Crippen LogP) is 3.44. The number of nitrogen functional groups attached to an aromatic ring is 1. The van der Waals surface area contributed by atoms with Crippen molar-refractivity contribution in [2.24, 2.45) is 0 Å². The van der Waals surface area contributed by atoms with Crippen LogP contribution in [0.5, 0.6) is 0 Å². The Morgan fingerprint density at radius 1 is 1.35 bits per heavy atom. The van der Waals surface area contributed by atoms with E-state index in [0.717, 1.165) is 21.3 Å². The lowest BCUT2D eigenvalue weighted by atomic mass is 10.1. The number of nitrogens with two attached hydrogens (primary N) is 1. The van der Waals surface area contributed by atoms with Crippen molar-refractivity contribution in [2.75, 3.05) is 5.73 Å². The molecule has 0 bridgehead atoms. The molecule has 2 heterocycles. The summed E-state index contributed by atoms with van der Waals surface area (Å²) in [5.41, 5.74) is 8.53. The van der Waals surface area contributed by atoms with Gasteiger partial charge in [0.1, 0.15) is 5.00 Å². The number of aromatic nitrogens is 3. The van der Waals surface area contributed by atoms with Crippen LogP contribution >= 0.6 is 27.5 Å². The summed E-state index contributed by atoms with van der Waals surface area (Å²) in [7, 11) is 0. The Morgan fingerprint density at radius 3 is 2.85 bits per heavy atom. The van der Waals surface area contributed by atoms with E-state index in [0.29, 0.717) is 23.1 Å². The fourth-order valence-corrected chi connectivity index (χ4v) is 2.96. The zero-order valence-electron chi connectivity index (χ0n) is 10.6. The Balaban J connectivity index is 1.90. The molecule has 1 aromatic carbocycles. The summed E-state index contributed by atoms with van der Waals surface area (Å²) in [4.78, 5) is 4.40. The number of benzene rings is 1. The fourth-order valence-electron chi connectivity index (χ4n) is 1.89. The number of anilines is 1. The molecule has 0 fully saturated rings. The molecule has 2 N–H and O–H groups in total. The van der Waals surface area contributed by atoms with E-state index in [1.54, 1.807) is 0 Å². The molecule has 0 aliphatic rings. The van der Waals surface area contributed by atoms with E-state index in [2.05, 4.69) is 30.4 Å². The first-order chi connectivity index (χ1) is 9.65. The molecule has 3 rings (SSSR count). The molecule has 20 heavy (non-hydrogen) atoms. The Kier molecular flexibility index (Phi) is 3.54. The van der Waals surface area contributed by atoms with Gasteiger partial charge >= 0.3 is 0 Å². The standard InChI is InChI=1S/C13H11BrN4OS/c1-7-11(12(15)20-18-7)13-16-10(17-19-13)6-8-4-2-3-5-9(8)14/h2-5H,6,15H2,1H3. The number of aryl methyl sites for hydroxylation is 1. The average molecular weight is 351 g/mol. The molecule has 0 amide bonds. The molecule has 0 saturated carbocycles. The minimum absolute atomic E-state index is 0.427. The molecule has 2 aromatic heterocycles. The molecule has 5 nitrogen and oxygen atoms in total. The van der Waals surface area contributed by atoms with Crippen molar-refractivity contribution >= 4 is 32.5 Å². The zero-order valence-corrected chi connectivity index (χ0v) is 13.0. The van der Waals surface area contributed by atoms with Crippen molar-refractivity contribution < 1.29 is 4.52 Å². The fraction of sp³-hybridized carbons (Fsp3) is 0.154. The lowest BCUT2D eigenvalue weighted by Crippen LogP contribution is -1.92. The highest BCUT2D eigenvalue weighted by Crippen LogP contribution is 2.31. The summed E-state index contributed by atoms with van der Waals surface area (Å²) < 4.78 is 10.5. The maximum atomic E-state index is 5.88. The first-order valence-corrected chi connectivity index (χ1v) is 7.50. The van der Waals surface area contributed by atoms with Crippen LogP contribution in [0.4, 0.5) is 5.00 Å². The van der Waals surface area contributed by atoms with Crippen molar-refractivity contribution in [3.05, 3.63) is 45.8 Å². The second-order valence-electron chi connectivity index (χ2n) is 4.29. The lowest BCUT2D eigenvalue weighted by Gasteiger charge is -1.99. The maximum Gasteiger partial charge on any atom is 0.262 e. The number of halogens is 1. The second kappa shape index (κ2) is 5.34. The van der Waals surface area contributed by atoms with Crippen LogP contribution in [-0.4, -0.2) is 14.5 Å². The Labute approximate surface area is 128 Å². The number of rotatable bonds is 3. The van der Waals surface area contributed by atoms with Gasteiger partial charge < -0.3 is 10.3 Å². The molecule has 0 radical (unpaired) electrons. The summed E-state index contributed by atoms with van der Waals surface area (Å²) in [5, 5.41) is 4.60. The largest absolute Gasteiger partial charge is 0.389 e. The topological polar surface area (TPSA) is 77.8 Å². The third-order valence-electron chi connectivity index (χ3n) is 2.88. The van der Waals surface area contributed by atoms with E-state index in [1.807, 2.05) is 31.2 Å². The normalized spacial score (nSPS) is 10.9.